The zero-order valence-corrected chi connectivity index (χ0v) is 12.7. The Morgan fingerprint density at radius 2 is 1.92 bits per heavy atom. The van der Waals surface area contributed by atoms with Crippen molar-refractivity contribution in [3.63, 3.8) is 0 Å². The zero-order chi connectivity index (χ0) is 17.9. The molecule has 2 rings (SSSR count). The van der Waals surface area contributed by atoms with E-state index in [1.54, 1.807) is 0 Å². The van der Waals surface area contributed by atoms with Gasteiger partial charge in [0.05, 0.1) is 19.1 Å². The van der Waals surface area contributed by atoms with Crippen molar-refractivity contribution < 1.29 is 32.3 Å². The van der Waals surface area contributed by atoms with E-state index in [1.807, 2.05) is 0 Å². The van der Waals surface area contributed by atoms with Crippen LogP contribution in [0.4, 0.5) is 13.2 Å². The van der Waals surface area contributed by atoms with Gasteiger partial charge in [-0.05, 0) is 24.3 Å². The molecule has 1 N–H and O–H groups in total. The van der Waals surface area contributed by atoms with Crippen molar-refractivity contribution in [2.24, 2.45) is 0 Å². The number of carbonyl (C=O) groups excluding carboxylic acids is 3. The summed E-state index contributed by atoms with van der Waals surface area (Å²) >= 11 is 0. The Kier molecular flexibility index (Phi) is 5.10. The van der Waals surface area contributed by atoms with E-state index >= 15 is 0 Å². The molecule has 0 spiro atoms. The summed E-state index contributed by atoms with van der Waals surface area (Å²) in [6, 6.07) is 2.64. The average molecular weight is 344 g/mol. The number of hydrogen-bond donors (Lipinski definition) is 1. The molecule has 1 aliphatic rings. The van der Waals surface area contributed by atoms with Gasteiger partial charge in [-0.1, -0.05) is 0 Å². The monoisotopic (exact) mass is 344 g/mol. The van der Waals surface area contributed by atoms with E-state index in [9.17, 15) is 27.6 Å². The largest absolute Gasteiger partial charge is 0.469 e. The molecular formula is C15H15F3N2O4. The molecule has 0 saturated carbocycles. The number of nitrogens with zero attached hydrogens (tertiary/aromatic N) is 1. The number of rotatable bonds is 3. The first-order chi connectivity index (χ1) is 11.2. The predicted molar refractivity (Wildman–Crippen MR) is 75.9 cm³/mol. The van der Waals surface area contributed by atoms with Gasteiger partial charge < -0.3 is 15.0 Å². The van der Waals surface area contributed by atoms with E-state index < -0.39 is 35.6 Å². The number of hydrogen-bond acceptors (Lipinski definition) is 4. The van der Waals surface area contributed by atoms with Crippen LogP contribution in [0.3, 0.4) is 0 Å². The number of nitrogens with one attached hydrogen (secondary N) is 1. The van der Waals surface area contributed by atoms with Gasteiger partial charge in [-0.15, -0.1) is 0 Å². The first kappa shape index (κ1) is 17.8. The molecular weight excluding hydrogens is 329 g/mol. The van der Waals surface area contributed by atoms with E-state index in [0.717, 1.165) is 31.4 Å². The summed E-state index contributed by atoms with van der Waals surface area (Å²) in [4.78, 5) is 37.0. The van der Waals surface area contributed by atoms with Crippen LogP contribution >= 0.6 is 0 Å². The van der Waals surface area contributed by atoms with Crippen LogP contribution in [0.25, 0.3) is 0 Å². The molecule has 0 aromatic heterocycles. The van der Waals surface area contributed by atoms with Gasteiger partial charge >= 0.3 is 12.1 Å². The van der Waals surface area contributed by atoms with Crippen LogP contribution in [-0.2, 0) is 20.5 Å². The maximum Gasteiger partial charge on any atom is 0.416 e. The fraction of sp³-hybridized carbons (Fsp3) is 0.400. The Balaban J connectivity index is 2.22. The van der Waals surface area contributed by atoms with E-state index in [4.69, 9.17) is 0 Å². The molecule has 1 fully saturated rings. The van der Waals surface area contributed by atoms with Gasteiger partial charge in [0.1, 0.15) is 6.04 Å². The minimum atomic E-state index is -4.50. The summed E-state index contributed by atoms with van der Waals surface area (Å²) in [5, 5.41) is 2.54. The predicted octanol–water partition coefficient (Wildman–Crippen LogP) is 1.21. The fourth-order valence-corrected chi connectivity index (χ4v) is 2.37. The van der Waals surface area contributed by atoms with Crippen LogP contribution in [0, 0.1) is 0 Å². The third-order valence-corrected chi connectivity index (χ3v) is 3.64. The minimum absolute atomic E-state index is 0.00701. The van der Waals surface area contributed by atoms with Crippen LogP contribution in [0.1, 0.15) is 22.3 Å². The van der Waals surface area contributed by atoms with Gasteiger partial charge in [0.25, 0.3) is 5.91 Å². The van der Waals surface area contributed by atoms with E-state index in [0.29, 0.717) is 0 Å². The number of halogens is 3. The Morgan fingerprint density at radius 1 is 1.29 bits per heavy atom. The maximum absolute atomic E-state index is 12.6. The molecule has 130 valence electrons. The van der Waals surface area contributed by atoms with Gasteiger partial charge in [-0.3, -0.25) is 14.4 Å². The van der Waals surface area contributed by atoms with Gasteiger partial charge in [-0.2, -0.15) is 13.2 Å². The van der Waals surface area contributed by atoms with Crippen molar-refractivity contribution in [2.75, 3.05) is 20.2 Å². The molecule has 0 bridgehead atoms. The molecule has 6 nitrogen and oxygen atoms in total. The number of amides is 2. The Hall–Kier alpha value is -2.58. The lowest BCUT2D eigenvalue weighted by Gasteiger charge is -2.34. The Morgan fingerprint density at radius 3 is 2.46 bits per heavy atom. The fourth-order valence-electron chi connectivity index (χ4n) is 2.37. The van der Waals surface area contributed by atoms with Crippen molar-refractivity contribution in [3.05, 3.63) is 35.4 Å². The number of methoxy groups -OCH3 is 1. The van der Waals surface area contributed by atoms with Gasteiger partial charge in [-0.25, -0.2) is 0 Å². The first-order valence-corrected chi connectivity index (χ1v) is 7.07. The summed E-state index contributed by atoms with van der Waals surface area (Å²) < 4.78 is 42.2. The van der Waals surface area contributed by atoms with Gasteiger partial charge in [0, 0.05) is 18.7 Å². The molecule has 1 atom stereocenters. The number of esters is 1. The van der Waals surface area contributed by atoms with Crippen molar-refractivity contribution in [1.82, 2.24) is 10.2 Å². The van der Waals surface area contributed by atoms with Crippen LogP contribution in [0.15, 0.2) is 24.3 Å². The summed E-state index contributed by atoms with van der Waals surface area (Å²) in [6.07, 6.45) is -4.82. The molecule has 1 heterocycles. The van der Waals surface area contributed by atoms with Crippen molar-refractivity contribution >= 4 is 17.8 Å². The third-order valence-electron chi connectivity index (χ3n) is 3.64. The zero-order valence-electron chi connectivity index (χ0n) is 12.7. The van der Waals surface area contributed by atoms with Gasteiger partial charge in [0.15, 0.2) is 0 Å². The van der Waals surface area contributed by atoms with Crippen molar-refractivity contribution in [1.29, 1.82) is 0 Å². The van der Waals surface area contributed by atoms with E-state index in [-0.39, 0.29) is 25.1 Å². The molecule has 0 aliphatic carbocycles. The maximum atomic E-state index is 12.6. The van der Waals surface area contributed by atoms with E-state index in [1.165, 1.54) is 4.90 Å². The average Bonchev–Trinajstić information content (AvgIpc) is 2.55. The summed E-state index contributed by atoms with van der Waals surface area (Å²) in [5.41, 5.74) is -0.867. The SMILES string of the molecule is COC(=O)C[C@@H]1C(=O)NCCN1C(=O)c1ccc(C(F)(F)F)cc1. The quantitative estimate of drug-likeness (QED) is 0.837. The van der Waals surface area contributed by atoms with Crippen LogP contribution in [-0.4, -0.2) is 48.9 Å². The second-order valence-electron chi connectivity index (χ2n) is 5.16. The highest BCUT2D eigenvalue weighted by molar-refractivity contribution is 5.99. The second kappa shape index (κ2) is 6.90. The van der Waals surface area contributed by atoms with Crippen molar-refractivity contribution in [2.45, 2.75) is 18.6 Å². The lowest BCUT2D eigenvalue weighted by molar-refractivity contribution is -0.145. The Bertz CT molecular complexity index is 643. The number of piperazine rings is 1. The second-order valence-corrected chi connectivity index (χ2v) is 5.16. The number of carbonyl (C=O) groups is 3. The number of benzene rings is 1. The summed E-state index contributed by atoms with van der Waals surface area (Å²) in [6.45, 7) is 0.343. The topological polar surface area (TPSA) is 75.7 Å². The van der Waals surface area contributed by atoms with E-state index in [2.05, 4.69) is 10.1 Å². The lowest BCUT2D eigenvalue weighted by atomic mass is 10.1. The van der Waals surface area contributed by atoms with Gasteiger partial charge in [0.2, 0.25) is 5.91 Å². The first-order valence-electron chi connectivity index (χ1n) is 7.07. The number of alkyl halides is 3. The third kappa shape index (κ3) is 3.84. The molecule has 1 aliphatic heterocycles. The summed E-state index contributed by atoms with van der Waals surface area (Å²) in [7, 11) is 1.16. The van der Waals surface area contributed by atoms with Crippen LogP contribution in [0.2, 0.25) is 0 Å². The standard InChI is InChI=1S/C15H15F3N2O4/c1-24-12(21)8-11-13(22)19-6-7-20(11)14(23)9-2-4-10(5-3-9)15(16,17)18/h2-5,11H,6-8H2,1H3,(H,19,22)/t11-/m1/s1. The Labute approximate surface area is 135 Å². The lowest BCUT2D eigenvalue weighted by Crippen LogP contribution is -2.57. The van der Waals surface area contributed by atoms with Crippen molar-refractivity contribution in [3.8, 4) is 0 Å². The molecule has 1 aromatic rings. The molecule has 9 heteroatoms. The highest BCUT2D eigenvalue weighted by Gasteiger charge is 2.36. The molecule has 24 heavy (non-hydrogen) atoms. The minimum Gasteiger partial charge on any atom is -0.469 e. The highest BCUT2D eigenvalue weighted by Crippen LogP contribution is 2.29. The normalized spacial score (nSPS) is 18.1. The smallest absolute Gasteiger partial charge is 0.416 e. The summed E-state index contributed by atoms with van der Waals surface area (Å²) in [5.74, 6) is -1.79. The van der Waals surface area contributed by atoms with Crippen LogP contribution < -0.4 is 5.32 Å². The van der Waals surface area contributed by atoms with Crippen LogP contribution in [0.5, 0.6) is 0 Å². The molecule has 1 saturated heterocycles. The number of ether oxygens (including phenoxy) is 1. The highest BCUT2D eigenvalue weighted by atomic mass is 19.4. The molecule has 0 radical (unpaired) electrons. The molecule has 2 amide bonds. The molecule has 1 aromatic carbocycles. The molecule has 0 unspecified atom stereocenters.